The van der Waals surface area contributed by atoms with E-state index < -0.39 is 11.8 Å². The van der Waals surface area contributed by atoms with Gasteiger partial charge in [0.25, 0.3) is 0 Å². The number of aldehydes is 1. The number of methoxy groups -OCH3 is 1. The second-order valence-electron chi connectivity index (χ2n) is 11.0. The fourth-order valence-corrected chi connectivity index (χ4v) is 5.09. The summed E-state index contributed by atoms with van der Waals surface area (Å²) in [5.41, 5.74) is 14.0. The molecule has 0 aliphatic carbocycles. The van der Waals surface area contributed by atoms with E-state index in [1.165, 1.54) is 56.8 Å². The minimum atomic E-state index is -0.847. The maximum Gasteiger partial charge on any atom is 0.343 e. The van der Waals surface area contributed by atoms with Gasteiger partial charge in [-0.25, -0.2) is 24.7 Å². The van der Waals surface area contributed by atoms with Gasteiger partial charge in [-0.15, -0.1) is 20.5 Å². The number of hydrogen-bond acceptors (Lipinski definition) is 18. The lowest BCUT2D eigenvalue weighted by Gasteiger charge is -2.07. The van der Waals surface area contributed by atoms with Gasteiger partial charge in [0, 0.05) is 18.5 Å². The first-order valence-corrected chi connectivity index (χ1v) is 15.6. The molecule has 4 N–H and O–H groups in total. The number of esters is 1. The van der Waals surface area contributed by atoms with Crippen molar-refractivity contribution in [3.8, 4) is 23.3 Å². The number of nitrogen functional groups attached to an aromatic ring is 2. The predicted molar refractivity (Wildman–Crippen MR) is 187 cm³/mol. The lowest BCUT2D eigenvalue weighted by Crippen LogP contribution is -2.09. The molecule has 0 amide bonds. The minimum Gasteiger partial charge on any atom is -0.465 e. The van der Waals surface area contributed by atoms with Crippen LogP contribution in [0.15, 0.2) is 94.0 Å². The Hall–Kier alpha value is -8.17. The van der Waals surface area contributed by atoms with Crippen LogP contribution in [-0.2, 0) is 9.53 Å². The molecule has 7 rings (SSSR count). The van der Waals surface area contributed by atoms with Crippen molar-refractivity contribution in [1.29, 1.82) is 0 Å². The number of pyridine rings is 2. The Kier molecular flexibility index (Phi) is 9.03. The van der Waals surface area contributed by atoms with Crippen molar-refractivity contribution in [1.82, 2.24) is 59.1 Å². The van der Waals surface area contributed by atoms with E-state index in [-0.39, 0.29) is 63.7 Å². The third-order valence-electron chi connectivity index (χ3n) is 7.69. The van der Waals surface area contributed by atoms with Gasteiger partial charge >= 0.3 is 5.97 Å². The SMILES string of the molecule is COC(=O)c1cnn(-c2ccccn2)c1N=Nc1c(C)nn(-c2cc(-n3nc(C)c(N=Nc4c(C(=O)C=O)cnn4-c4ccccn4)c3N)ncn2)c1N. The van der Waals surface area contributed by atoms with E-state index in [1.807, 2.05) is 0 Å². The Morgan fingerprint density at radius 3 is 1.65 bits per heavy atom. The maximum atomic E-state index is 12.5. The lowest BCUT2D eigenvalue weighted by molar-refractivity contribution is -0.104. The molecule has 0 aliphatic rings. The van der Waals surface area contributed by atoms with Gasteiger partial charge in [0.2, 0.25) is 5.78 Å². The number of Topliss-reactive ketones (excluding diaryl/α,β-unsaturated/α-hetero) is 1. The molecule has 0 spiro atoms. The molecule has 0 radical (unpaired) electrons. The van der Waals surface area contributed by atoms with Gasteiger partial charge in [-0.05, 0) is 38.1 Å². The van der Waals surface area contributed by atoms with E-state index in [0.29, 0.717) is 23.0 Å². The van der Waals surface area contributed by atoms with Crippen LogP contribution in [0.25, 0.3) is 23.3 Å². The number of azo groups is 2. The van der Waals surface area contributed by atoms with Crippen LogP contribution in [-0.4, -0.2) is 84.2 Å². The average Bonchev–Trinajstić information content (AvgIpc) is 3.96. The number of nitrogens with zero attached hydrogens (tertiary/aromatic N) is 16. The molecule has 22 nitrogen and oxygen atoms in total. The molecule has 0 aliphatic heterocycles. The van der Waals surface area contributed by atoms with Crippen LogP contribution >= 0.6 is 0 Å². The van der Waals surface area contributed by atoms with Crippen LogP contribution in [0.3, 0.4) is 0 Å². The van der Waals surface area contributed by atoms with Crippen molar-refractivity contribution < 1.29 is 19.1 Å². The Labute approximate surface area is 302 Å². The number of aryl methyl sites for hydroxylation is 2. The first kappa shape index (κ1) is 34.3. The van der Waals surface area contributed by atoms with Gasteiger partial charge in [0.1, 0.15) is 11.9 Å². The zero-order chi connectivity index (χ0) is 37.9. The van der Waals surface area contributed by atoms with Crippen molar-refractivity contribution in [3.63, 3.8) is 0 Å². The van der Waals surface area contributed by atoms with Crippen molar-refractivity contribution in [2.24, 2.45) is 20.5 Å². The van der Waals surface area contributed by atoms with Crippen molar-refractivity contribution >= 4 is 52.7 Å². The number of rotatable bonds is 11. The van der Waals surface area contributed by atoms with Crippen molar-refractivity contribution in [2.75, 3.05) is 18.6 Å². The molecule has 22 heteroatoms. The highest BCUT2D eigenvalue weighted by Crippen LogP contribution is 2.34. The third kappa shape index (κ3) is 6.21. The molecule has 0 saturated heterocycles. The van der Waals surface area contributed by atoms with E-state index in [4.69, 9.17) is 16.2 Å². The predicted octanol–water partition coefficient (Wildman–Crippen LogP) is 3.79. The van der Waals surface area contributed by atoms with E-state index in [9.17, 15) is 14.4 Å². The van der Waals surface area contributed by atoms with Gasteiger partial charge in [0.15, 0.2) is 64.2 Å². The van der Waals surface area contributed by atoms with Gasteiger partial charge < -0.3 is 16.2 Å². The first-order valence-electron chi connectivity index (χ1n) is 15.6. The Balaban J connectivity index is 1.21. The Morgan fingerprint density at radius 2 is 1.19 bits per heavy atom. The molecule has 0 fully saturated rings. The number of carbonyl (C=O) groups is 3. The molecule has 7 aromatic heterocycles. The smallest absolute Gasteiger partial charge is 0.343 e. The normalized spacial score (nSPS) is 11.5. The molecule has 0 atom stereocenters. The number of ether oxygens (including phenoxy) is 1. The summed E-state index contributed by atoms with van der Waals surface area (Å²) < 4.78 is 10.1. The highest BCUT2D eigenvalue weighted by atomic mass is 16.5. The zero-order valence-electron chi connectivity index (χ0n) is 28.4. The topological polar surface area (TPSA) is 285 Å². The van der Waals surface area contributed by atoms with Crippen LogP contribution in [0.2, 0.25) is 0 Å². The summed E-state index contributed by atoms with van der Waals surface area (Å²) in [7, 11) is 1.24. The molecule has 7 heterocycles. The molecule has 54 heavy (non-hydrogen) atoms. The first-order chi connectivity index (χ1) is 26.2. The highest BCUT2D eigenvalue weighted by Gasteiger charge is 2.23. The zero-order valence-corrected chi connectivity index (χ0v) is 28.4. The molecule has 0 aromatic carbocycles. The van der Waals surface area contributed by atoms with Crippen molar-refractivity contribution in [3.05, 3.63) is 96.1 Å². The van der Waals surface area contributed by atoms with E-state index >= 15 is 0 Å². The molecule has 0 bridgehead atoms. The van der Waals surface area contributed by atoms with Crippen molar-refractivity contribution in [2.45, 2.75) is 13.8 Å². The van der Waals surface area contributed by atoms with Crippen LogP contribution in [0, 0.1) is 13.8 Å². The van der Waals surface area contributed by atoms with E-state index in [2.05, 4.69) is 60.8 Å². The summed E-state index contributed by atoms with van der Waals surface area (Å²) in [4.78, 5) is 53.3. The van der Waals surface area contributed by atoms with Crippen LogP contribution < -0.4 is 11.5 Å². The second-order valence-corrected chi connectivity index (χ2v) is 11.0. The Morgan fingerprint density at radius 1 is 0.685 bits per heavy atom. The molecular formula is C32H26N18O4. The highest BCUT2D eigenvalue weighted by molar-refractivity contribution is 6.34. The van der Waals surface area contributed by atoms with Crippen LogP contribution in [0.4, 0.5) is 34.6 Å². The van der Waals surface area contributed by atoms with Crippen LogP contribution in [0.5, 0.6) is 0 Å². The minimum absolute atomic E-state index is 0.0399. The molecule has 0 unspecified atom stereocenters. The van der Waals surface area contributed by atoms with E-state index in [1.54, 1.807) is 56.4 Å². The number of hydrogen-bond donors (Lipinski definition) is 2. The van der Waals surface area contributed by atoms with E-state index in [0.717, 1.165) is 0 Å². The summed E-state index contributed by atoms with van der Waals surface area (Å²) in [5.74, 6) is -0.230. The molecular weight excluding hydrogens is 700 g/mol. The summed E-state index contributed by atoms with van der Waals surface area (Å²) in [6.07, 6.45) is 7.02. The van der Waals surface area contributed by atoms with Gasteiger partial charge in [0.05, 0.1) is 36.5 Å². The molecule has 7 aromatic rings. The summed E-state index contributed by atoms with van der Waals surface area (Å²) >= 11 is 0. The maximum absolute atomic E-state index is 12.5. The van der Waals surface area contributed by atoms with Gasteiger partial charge in [-0.3, -0.25) is 9.59 Å². The lowest BCUT2D eigenvalue weighted by atomic mass is 10.2. The summed E-state index contributed by atoms with van der Waals surface area (Å²) in [5, 5.41) is 34.5. The Bertz CT molecular complexity index is 2600. The number of nitrogens with two attached hydrogens (primary N) is 2. The largest absolute Gasteiger partial charge is 0.465 e. The molecule has 268 valence electrons. The second kappa shape index (κ2) is 14.2. The fourth-order valence-electron chi connectivity index (χ4n) is 5.09. The van der Waals surface area contributed by atoms with Crippen LogP contribution in [0.1, 0.15) is 32.1 Å². The standard InChI is InChI=1S/C32H26N18O4/c1-17-26(41-43-30-19(21(52)15-51)13-39-49(30)22-8-4-6-10-35-22)28(33)47(45-17)24-12-25(38-16-37-24)48-29(34)27(18(2)46-48)42-44-31-20(32(53)54-3)14-40-50(31)23-9-5-7-11-36-23/h4-16H,33-34H2,1-3H3. The molecule has 0 saturated carbocycles. The average molecular weight is 727 g/mol. The third-order valence-corrected chi connectivity index (χ3v) is 7.69. The monoisotopic (exact) mass is 726 g/mol. The number of anilines is 2. The number of carbonyl (C=O) groups excluding carboxylic acids is 3. The van der Waals surface area contributed by atoms with Gasteiger partial charge in [-0.2, -0.15) is 39.1 Å². The van der Waals surface area contributed by atoms with Gasteiger partial charge in [-0.1, -0.05) is 12.1 Å². The number of aromatic nitrogens is 12. The fraction of sp³-hybridized carbons (Fsp3) is 0.0938. The summed E-state index contributed by atoms with van der Waals surface area (Å²) in [6.45, 7) is 3.31. The quantitative estimate of drug-likeness (QED) is 0.0630. The number of ketones is 1. The summed E-state index contributed by atoms with van der Waals surface area (Å²) in [6, 6.07) is 11.8.